The Bertz CT molecular complexity index is 1030. The average Bonchev–Trinajstić information content (AvgIpc) is 3.17. The minimum absolute atomic E-state index is 0.0477. The first-order valence-electron chi connectivity index (χ1n) is 8.68. The zero-order valence-corrected chi connectivity index (χ0v) is 17.3. The minimum Gasteiger partial charge on any atom is -0.493 e. The van der Waals surface area contributed by atoms with Crippen LogP contribution >= 0.6 is 22.9 Å². The lowest BCUT2D eigenvalue weighted by atomic mass is 10.1. The Morgan fingerprint density at radius 1 is 1.18 bits per heavy atom. The summed E-state index contributed by atoms with van der Waals surface area (Å²) >= 11 is 7.37. The summed E-state index contributed by atoms with van der Waals surface area (Å²) in [6.07, 6.45) is 1.85. The van der Waals surface area contributed by atoms with Gasteiger partial charge >= 0.3 is 0 Å². The fourth-order valence-corrected chi connectivity index (χ4v) is 3.51. The number of nitriles is 1. The van der Waals surface area contributed by atoms with E-state index in [-0.39, 0.29) is 6.10 Å². The first-order chi connectivity index (χ1) is 13.5. The summed E-state index contributed by atoms with van der Waals surface area (Å²) < 4.78 is 11.2. The average molecular weight is 411 g/mol. The lowest BCUT2D eigenvalue weighted by Gasteiger charge is -2.13. The molecule has 0 aliphatic carbocycles. The van der Waals surface area contributed by atoms with Crippen LogP contribution in [0.15, 0.2) is 47.8 Å². The van der Waals surface area contributed by atoms with Crippen LogP contribution in [0.3, 0.4) is 0 Å². The van der Waals surface area contributed by atoms with Gasteiger partial charge < -0.3 is 9.47 Å². The Morgan fingerprint density at radius 3 is 2.57 bits per heavy atom. The van der Waals surface area contributed by atoms with Gasteiger partial charge in [0.2, 0.25) is 0 Å². The molecule has 0 aliphatic rings. The number of methoxy groups -OCH3 is 1. The lowest BCUT2D eigenvalue weighted by molar-refractivity contribution is 0.230. The second kappa shape index (κ2) is 8.92. The standard InChI is InChI=1S/C22H19ClN2O2S/c1-14(2)27-20-9-4-15(11-21(20)26-3)10-17(12-24)22-25-19(13-28-22)16-5-7-18(23)8-6-16/h4-11,13-14H,1-3H3/b17-10-. The molecule has 0 spiro atoms. The molecule has 1 aromatic heterocycles. The summed E-state index contributed by atoms with van der Waals surface area (Å²) in [5.74, 6) is 1.30. The van der Waals surface area contributed by atoms with Crippen molar-refractivity contribution in [2.75, 3.05) is 7.11 Å². The molecule has 0 bridgehead atoms. The largest absolute Gasteiger partial charge is 0.493 e. The van der Waals surface area contributed by atoms with Crippen molar-refractivity contribution in [2.24, 2.45) is 0 Å². The Hall–Kier alpha value is -2.81. The van der Waals surface area contributed by atoms with E-state index >= 15 is 0 Å². The van der Waals surface area contributed by atoms with Gasteiger partial charge in [0.1, 0.15) is 11.1 Å². The molecule has 2 aromatic carbocycles. The lowest BCUT2D eigenvalue weighted by Crippen LogP contribution is -2.06. The molecule has 0 atom stereocenters. The number of allylic oxidation sites excluding steroid dienone is 1. The third-order valence-corrected chi connectivity index (χ3v) is 4.98. The van der Waals surface area contributed by atoms with Crippen LogP contribution in [0.25, 0.3) is 22.9 Å². The normalized spacial score (nSPS) is 11.4. The molecule has 0 radical (unpaired) electrons. The molecule has 0 unspecified atom stereocenters. The molecule has 0 amide bonds. The molecular weight excluding hydrogens is 392 g/mol. The summed E-state index contributed by atoms with van der Waals surface area (Å²) in [6.45, 7) is 3.92. The number of ether oxygens (including phenoxy) is 2. The zero-order chi connectivity index (χ0) is 20.1. The van der Waals surface area contributed by atoms with Gasteiger partial charge in [-0.3, -0.25) is 0 Å². The van der Waals surface area contributed by atoms with Crippen LogP contribution in [0.5, 0.6) is 11.5 Å². The number of aromatic nitrogens is 1. The molecule has 3 aromatic rings. The van der Waals surface area contributed by atoms with Gasteiger partial charge in [0.25, 0.3) is 0 Å². The highest BCUT2D eigenvalue weighted by molar-refractivity contribution is 7.11. The Labute approximate surface area is 173 Å². The van der Waals surface area contributed by atoms with E-state index in [0.717, 1.165) is 16.8 Å². The SMILES string of the molecule is COc1cc(/C=C(/C#N)c2nc(-c3ccc(Cl)cc3)cs2)ccc1OC(C)C. The number of thiazole rings is 1. The Kier molecular flexibility index (Phi) is 6.35. The van der Waals surface area contributed by atoms with E-state index in [4.69, 9.17) is 21.1 Å². The van der Waals surface area contributed by atoms with Gasteiger partial charge in [-0.1, -0.05) is 29.8 Å². The van der Waals surface area contributed by atoms with Gasteiger partial charge in [0.05, 0.1) is 24.5 Å². The van der Waals surface area contributed by atoms with E-state index in [9.17, 15) is 5.26 Å². The fourth-order valence-electron chi connectivity index (χ4n) is 2.58. The van der Waals surface area contributed by atoms with Crippen LogP contribution in [-0.4, -0.2) is 18.2 Å². The number of rotatable bonds is 6. The predicted molar refractivity (Wildman–Crippen MR) is 115 cm³/mol. The van der Waals surface area contributed by atoms with Crippen LogP contribution in [0.1, 0.15) is 24.4 Å². The molecule has 0 N–H and O–H groups in total. The summed E-state index contributed by atoms with van der Waals surface area (Å²) in [5.41, 5.74) is 3.11. The van der Waals surface area contributed by atoms with E-state index in [1.807, 2.05) is 61.7 Å². The van der Waals surface area contributed by atoms with Crippen molar-refractivity contribution >= 4 is 34.6 Å². The van der Waals surface area contributed by atoms with Gasteiger partial charge in [-0.05, 0) is 49.8 Å². The van der Waals surface area contributed by atoms with Crippen molar-refractivity contribution in [3.63, 3.8) is 0 Å². The highest BCUT2D eigenvalue weighted by atomic mass is 35.5. The van der Waals surface area contributed by atoms with Gasteiger partial charge in [0, 0.05) is 16.0 Å². The molecule has 0 aliphatic heterocycles. The van der Waals surface area contributed by atoms with Crippen molar-refractivity contribution < 1.29 is 9.47 Å². The molecule has 1 heterocycles. The highest BCUT2D eigenvalue weighted by Gasteiger charge is 2.11. The fraction of sp³-hybridized carbons (Fsp3) is 0.182. The van der Waals surface area contributed by atoms with Crippen LogP contribution in [0.2, 0.25) is 5.02 Å². The molecule has 6 heteroatoms. The molecule has 0 saturated carbocycles. The number of halogens is 1. The quantitative estimate of drug-likeness (QED) is 0.446. The van der Waals surface area contributed by atoms with Gasteiger partial charge in [-0.15, -0.1) is 11.3 Å². The van der Waals surface area contributed by atoms with Crippen LogP contribution < -0.4 is 9.47 Å². The molecule has 3 rings (SSSR count). The minimum atomic E-state index is 0.0477. The number of nitrogens with zero attached hydrogens (tertiary/aromatic N) is 2. The topological polar surface area (TPSA) is 55.1 Å². The smallest absolute Gasteiger partial charge is 0.161 e. The van der Waals surface area contributed by atoms with Crippen molar-refractivity contribution in [3.05, 3.63) is 63.4 Å². The first-order valence-corrected chi connectivity index (χ1v) is 9.94. The molecule has 28 heavy (non-hydrogen) atoms. The van der Waals surface area contributed by atoms with E-state index in [0.29, 0.717) is 27.1 Å². The van der Waals surface area contributed by atoms with Gasteiger partial charge in [0.15, 0.2) is 11.5 Å². The van der Waals surface area contributed by atoms with E-state index in [2.05, 4.69) is 11.1 Å². The Morgan fingerprint density at radius 2 is 1.93 bits per heavy atom. The van der Waals surface area contributed by atoms with E-state index < -0.39 is 0 Å². The van der Waals surface area contributed by atoms with Crippen LogP contribution in [0.4, 0.5) is 0 Å². The molecule has 142 valence electrons. The Balaban J connectivity index is 1.90. The first kappa shape index (κ1) is 19.9. The number of hydrogen-bond donors (Lipinski definition) is 0. The predicted octanol–water partition coefficient (Wildman–Crippen LogP) is 6.32. The summed E-state index contributed by atoms with van der Waals surface area (Å²) in [6, 6.07) is 15.3. The third kappa shape index (κ3) is 4.72. The summed E-state index contributed by atoms with van der Waals surface area (Å²) in [4.78, 5) is 4.61. The van der Waals surface area contributed by atoms with Crippen molar-refractivity contribution in [1.29, 1.82) is 5.26 Å². The van der Waals surface area contributed by atoms with E-state index in [1.54, 1.807) is 13.2 Å². The maximum atomic E-state index is 9.63. The summed E-state index contributed by atoms with van der Waals surface area (Å²) in [7, 11) is 1.60. The third-order valence-electron chi connectivity index (χ3n) is 3.86. The van der Waals surface area contributed by atoms with E-state index in [1.165, 1.54) is 11.3 Å². The second-order valence-corrected chi connectivity index (χ2v) is 7.59. The molecular formula is C22H19ClN2O2S. The van der Waals surface area contributed by atoms with Crippen molar-refractivity contribution in [3.8, 4) is 28.8 Å². The molecule has 0 fully saturated rings. The van der Waals surface area contributed by atoms with Crippen molar-refractivity contribution in [1.82, 2.24) is 4.98 Å². The number of benzene rings is 2. The van der Waals surface area contributed by atoms with Crippen molar-refractivity contribution in [2.45, 2.75) is 20.0 Å². The molecule has 0 saturated heterocycles. The zero-order valence-electron chi connectivity index (χ0n) is 15.8. The highest BCUT2D eigenvalue weighted by Crippen LogP contribution is 2.32. The number of hydrogen-bond acceptors (Lipinski definition) is 5. The van der Waals surface area contributed by atoms with Crippen LogP contribution in [-0.2, 0) is 0 Å². The van der Waals surface area contributed by atoms with Gasteiger partial charge in [-0.25, -0.2) is 4.98 Å². The maximum Gasteiger partial charge on any atom is 0.161 e. The maximum absolute atomic E-state index is 9.63. The summed E-state index contributed by atoms with van der Waals surface area (Å²) in [5, 5.41) is 12.9. The van der Waals surface area contributed by atoms with Crippen LogP contribution in [0, 0.1) is 11.3 Å². The monoisotopic (exact) mass is 410 g/mol. The second-order valence-electron chi connectivity index (χ2n) is 6.29. The van der Waals surface area contributed by atoms with Gasteiger partial charge in [-0.2, -0.15) is 5.26 Å². The molecule has 4 nitrogen and oxygen atoms in total.